The van der Waals surface area contributed by atoms with Crippen LogP contribution < -0.4 is 0 Å². The molecule has 0 rings (SSSR count). The average Bonchev–Trinajstić information content (AvgIpc) is 1.66. The Bertz CT molecular complexity index is 57.4. The molecule has 0 saturated carbocycles. The van der Waals surface area contributed by atoms with Crippen LogP contribution in [0.25, 0.3) is 0 Å². The molecule has 1 heteroatoms. The summed E-state index contributed by atoms with van der Waals surface area (Å²) in [5.41, 5.74) is 0. The van der Waals surface area contributed by atoms with Crippen LogP contribution in [0.4, 0.5) is 0 Å². The molecular formula is C7H14Mg. The molecule has 0 aliphatic heterocycles. The normalized spacial score (nSPS) is 8.88. The third-order valence-corrected chi connectivity index (χ3v) is 3.57. The third kappa shape index (κ3) is 6.51. The van der Waals surface area contributed by atoms with E-state index in [-0.39, 0.29) is 20.4 Å². The van der Waals surface area contributed by atoms with E-state index in [1.165, 1.54) is 9.10 Å². The van der Waals surface area contributed by atoms with E-state index in [0.717, 1.165) is 5.92 Å². The van der Waals surface area contributed by atoms with Crippen molar-refractivity contribution >= 4 is 20.4 Å². The van der Waals surface area contributed by atoms with Crippen LogP contribution in [0.3, 0.4) is 0 Å². The van der Waals surface area contributed by atoms with E-state index in [2.05, 4.69) is 26.5 Å². The highest BCUT2D eigenvalue weighted by Crippen LogP contribution is 1.99. The molecule has 0 spiro atoms. The van der Waals surface area contributed by atoms with Crippen molar-refractivity contribution in [1.82, 2.24) is 0 Å². The van der Waals surface area contributed by atoms with Crippen molar-refractivity contribution in [2.24, 2.45) is 5.92 Å². The van der Waals surface area contributed by atoms with Gasteiger partial charge in [-0.25, -0.2) is 0 Å². The first kappa shape index (κ1) is 8.51. The van der Waals surface area contributed by atoms with Crippen LogP contribution in [0.1, 0.15) is 13.8 Å². The molecule has 0 bridgehead atoms. The molecule has 0 saturated heterocycles. The Labute approximate surface area is 62.1 Å². The van der Waals surface area contributed by atoms with Crippen LogP contribution >= 0.6 is 0 Å². The minimum atomic E-state index is 0.246. The molecule has 0 heterocycles. The number of allylic oxidation sites excluding steroid dienone is 1. The second-order valence-corrected chi connectivity index (χ2v) is 4.48. The second kappa shape index (κ2) is 5.64. The lowest BCUT2D eigenvalue weighted by molar-refractivity contribution is 0.730. The van der Waals surface area contributed by atoms with Gasteiger partial charge in [-0.05, 0) is 0 Å². The van der Waals surface area contributed by atoms with Crippen molar-refractivity contribution in [2.45, 2.75) is 22.9 Å². The fourth-order valence-corrected chi connectivity index (χ4v) is 2.01. The first-order valence-electron chi connectivity index (χ1n) is 3.38. The molecule has 0 aromatic carbocycles. The third-order valence-electron chi connectivity index (χ3n) is 1.19. The largest absolute Gasteiger partial charge is 0.370 e. The number of rotatable bonds is 4. The van der Waals surface area contributed by atoms with E-state index in [9.17, 15) is 0 Å². The molecule has 0 aromatic rings. The van der Waals surface area contributed by atoms with Crippen molar-refractivity contribution in [2.75, 3.05) is 0 Å². The highest BCUT2D eigenvalue weighted by Gasteiger charge is 1.94. The van der Waals surface area contributed by atoms with Crippen molar-refractivity contribution < 1.29 is 0 Å². The zero-order chi connectivity index (χ0) is 6.41. The highest BCUT2D eigenvalue weighted by atomic mass is 24.5. The predicted octanol–water partition coefficient (Wildman–Crippen LogP) is 2.37. The molecule has 0 radical (unpaired) electrons. The number of hydrogen-bond donors (Lipinski definition) is 0. The van der Waals surface area contributed by atoms with Gasteiger partial charge in [0, 0.05) is 0 Å². The summed E-state index contributed by atoms with van der Waals surface area (Å²) in [5, 5.41) is 0. The predicted molar refractivity (Wildman–Crippen MR) is 40.4 cm³/mol. The molecule has 8 heavy (non-hydrogen) atoms. The fraction of sp³-hybridized carbons (Fsp3) is 0.714. The van der Waals surface area contributed by atoms with Crippen LogP contribution in [0.15, 0.2) is 12.7 Å². The Morgan fingerprint density at radius 1 is 1.62 bits per heavy atom. The Morgan fingerprint density at radius 3 is 2.62 bits per heavy atom. The van der Waals surface area contributed by atoms with Crippen molar-refractivity contribution in [3.8, 4) is 0 Å². The first-order chi connectivity index (χ1) is 3.77. The van der Waals surface area contributed by atoms with Gasteiger partial charge in [-0.3, -0.25) is 0 Å². The van der Waals surface area contributed by atoms with Crippen molar-refractivity contribution in [1.29, 1.82) is 0 Å². The van der Waals surface area contributed by atoms with Gasteiger partial charge in [-0.1, -0.05) is 19.8 Å². The van der Waals surface area contributed by atoms with Crippen LogP contribution in [0.2, 0.25) is 9.10 Å². The standard InChI is InChI=1S/C4H9.C3H5.Mg/c1-4(2)3;1-3-2;/h4H,1H2,2-3H3;3H,1-2H2;. The van der Waals surface area contributed by atoms with Crippen LogP contribution in [0, 0.1) is 5.92 Å². The van der Waals surface area contributed by atoms with Gasteiger partial charge in [0.1, 0.15) is 0 Å². The monoisotopic (exact) mass is 122 g/mol. The smallest absolute Gasteiger partial charge is 0.143 e. The molecule has 0 atom stereocenters. The minimum Gasteiger partial charge on any atom is -0.143 e. The van der Waals surface area contributed by atoms with Gasteiger partial charge in [0.05, 0.1) is 0 Å². The van der Waals surface area contributed by atoms with Gasteiger partial charge >= 0.3 is 20.4 Å². The van der Waals surface area contributed by atoms with Gasteiger partial charge in [0.15, 0.2) is 0 Å². The van der Waals surface area contributed by atoms with Gasteiger partial charge < -0.3 is 0 Å². The van der Waals surface area contributed by atoms with E-state index in [1.54, 1.807) is 0 Å². The van der Waals surface area contributed by atoms with E-state index in [0.29, 0.717) is 0 Å². The zero-order valence-electron chi connectivity index (χ0n) is 5.98. The summed E-state index contributed by atoms with van der Waals surface area (Å²) >= 11 is 0.246. The van der Waals surface area contributed by atoms with Gasteiger partial charge in [0.2, 0.25) is 0 Å². The van der Waals surface area contributed by atoms with Crippen molar-refractivity contribution in [3.05, 3.63) is 12.7 Å². The van der Waals surface area contributed by atoms with E-state index >= 15 is 0 Å². The minimum absolute atomic E-state index is 0.246. The Kier molecular flexibility index (Phi) is 6.00. The van der Waals surface area contributed by atoms with E-state index in [1.807, 2.05) is 0 Å². The van der Waals surface area contributed by atoms with E-state index < -0.39 is 0 Å². The molecule has 0 aromatic heterocycles. The summed E-state index contributed by atoms with van der Waals surface area (Å²) in [6, 6.07) is 0. The number of hydrogen-bond acceptors (Lipinski definition) is 0. The van der Waals surface area contributed by atoms with Gasteiger partial charge in [-0.2, -0.15) is 0 Å². The summed E-state index contributed by atoms with van der Waals surface area (Å²) in [6.07, 6.45) is 2.05. The molecule has 0 amide bonds. The maximum Gasteiger partial charge on any atom is 0.370 e. The second-order valence-electron chi connectivity index (χ2n) is 2.61. The van der Waals surface area contributed by atoms with Crippen molar-refractivity contribution in [3.63, 3.8) is 0 Å². The molecule has 0 fully saturated rings. The van der Waals surface area contributed by atoms with Crippen LogP contribution in [-0.4, -0.2) is 20.4 Å². The fourth-order valence-electron chi connectivity index (χ4n) is 0.670. The lowest BCUT2D eigenvalue weighted by atomic mass is 10.3. The molecule has 0 aliphatic rings. The Balaban J connectivity index is 2.81. The maximum absolute atomic E-state index is 3.69. The molecule has 0 aliphatic carbocycles. The quantitative estimate of drug-likeness (QED) is 0.305. The SMILES string of the molecule is C=C[CH2][Mg][CH2]C(C)C. The van der Waals surface area contributed by atoms with Gasteiger partial charge in [-0.15, -0.1) is 21.8 Å². The Morgan fingerprint density at radius 2 is 2.25 bits per heavy atom. The summed E-state index contributed by atoms with van der Waals surface area (Å²) in [5.74, 6) is 0.918. The lowest BCUT2D eigenvalue weighted by Gasteiger charge is -1.97. The van der Waals surface area contributed by atoms with Crippen LogP contribution in [-0.2, 0) is 0 Å². The molecule has 0 unspecified atom stereocenters. The summed E-state index contributed by atoms with van der Waals surface area (Å²) in [7, 11) is 0. The zero-order valence-corrected chi connectivity index (χ0v) is 7.40. The average molecular weight is 122 g/mol. The molecule has 0 nitrogen and oxygen atoms in total. The maximum atomic E-state index is 3.69. The van der Waals surface area contributed by atoms with Gasteiger partial charge in [0.25, 0.3) is 0 Å². The topological polar surface area (TPSA) is 0 Å². The summed E-state index contributed by atoms with van der Waals surface area (Å²) in [4.78, 5) is 0. The van der Waals surface area contributed by atoms with Crippen LogP contribution in [0.5, 0.6) is 0 Å². The first-order valence-corrected chi connectivity index (χ1v) is 5.38. The Hall–Kier alpha value is 0.506. The summed E-state index contributed by atoms with van der Waals surface area (Å²) < 4.78 is 2.80. The summed E-state index contributed by atoms with van der Waals surface area (Å²) in [6.45, 7) is 8.27. The van der Waals surface area contributed by atoms with E-state index in [4.69, 9.17) is 0 Å². The molecule has 44 valence electrons. The lowest BCUT2D eigenvalue weighted by Crippen LogP contribution is -1.92. The highest BCUT2D eigenvalue weighted by molar-refractivity contribution is 6.36. The molecular weight excluding hydrogens is 108 g/mol. The molecule has 0 N–H and O–H groups in total.